The van der Waals surface area contributed by atoms with Crippen LogP contribution in [0.25, 0.3) is 0 Å². The average molecular weight is 384 g/mol. The summed E-state index contributed by atoms with van der Waals surface area (Å²) >= 11 is 0. The highest BCUT2D eigenvalue weighted by Gasteiger charge is 2.27. The van der Waals surface area contributed by atoms with Crippen LogP contribution in [0.5, 0.6) is 17.2 Å². The van der Waals surface area contributed by atoms with E-state index in [1.165, 1.54) is 6.07 Å². The van der Waals surface area contributed by atoms with Crippen LogP contribution in [0.15, 0.2) is 30.3 Å². The van der Waals surface area contributed by atoms with E-state index < -0.39 is 0 Å². The van der Waals surface area contributed by atoms with E-state index in [1.807, 2.05) is 39.1 Å². The SMILES string of the molecule is CNCCCOc1ccc2c(c1)CN(C(=O)c1cc(C(C)C)c(O)cc1O)C2. The summed E-state index contributed by atoms with van der Waals surface area (Å²) in [5.74, 6) is 0.418. The summed E-state index contributed by atoms with van der Waals surface area (Å²) in [7, 11) is 1.91. The minimum atomic E-state index is -0.243. The van der Waals surface area contributed by atoms with Crippen molar-refractivity contribution in [3.05, 3.63) is 52.6 Å². The Hall–Kier alpha value is -2.73. The van der Waals surface area contributed by atoms with Crippen LogP contribution >= 0.6 is 0 Å². The molecule has 0 radical (unpaired) electrons. The Morgan fingerprint density at radius 3 is 2.61 bits per heavy atom. The second-order valence-electron chi connectivity index (χ2n) is 7.48. The van der Waals surface area contributed by atoms with E-state index in [4.69, 9.17) is 4.74 Å². The molecule has 6 nitrogen and oxygen atoms in total. The van der Waals surface area contributed by atoms with E-state index in [9.17, 15) is 15.0 Å². The number of amides is 1. The van der Waals surface area contributed by atoms with Gasteiger partial charge >= 0.3 is 0 Å². The molecular weight excluding hydrogens is 356 g/mol. The van der Waals surface area contributed by atoms with Crippen molar-refractivity contribution < 1.29 is 19.7 Å². The van der Waals surface area contributed by atoms with Gasteiger partial charge in [-0.05, 0) is 60.8 Å². The van der Waals surface area contributed by atoms with Crippen LogP contribution in [-0.4, -0.2) is 41.2 Å². The number of hydrogen-bond donors (Lipinski definition) is 3. The van der Waals surface area contributed by atoms with E-state index in [0.717, 1.165) is 29.8 Å². The van der Waals surface area contributed by atoms with Gasteiger partial charge in [0.15, 0.2) is 0 Å². The van der Waals surface area contributed by atoms with Crippen molar-refractivity contribution in [2.45, 2.75) is 39.3 Å². The molecule has 28 heavy (non-hydrogen) atoms. The first kappa shape index (κ1) is 20.0. The van der Waals surface area contributed by atoms with Crippen LogP contribution in [0.1, 0.15) is 53.2 Å². The molecule has 0 saturated carbocycles. The van der Waals surface area contributed by atoms with Gasteiger partial charge in [0.05, 0.1) is 12.2 Å². The highest BCUT2D eigenvalue weighted by molar-refractivity contribution is 5.97. The lowest BCUT2D eigenvalue weighted by atomic mass is 9.98. The fourth-order valence-corrected chi connectivity index (χ4v) is 3.44. The number of nitrogens with zero attached hydrogens (tertiary/aromatic N) is 1. The molecule has 0 bridgehead atoms. The van der Waals surface area contributed by atoms with Crippen LogP contribution in [0.2, 0.25) is 0 Å². The molecule has 1 aliphatic heterocycles. The summed E-state index contributed by atoms with van der Waals surface area (Å²) in [5, 5.41) is 23.3. The van der Waals surface area contributed by atoms with E-state index >= 15 is 0 Å². The molecule has 1 heterocycles. The average Bonchev–Trinajstić information content (AvgIpc) is 3.08. The van der Waals surface area contributed by atoms with Gasteiger partial charge in [-0.1, -0.05) is 19.9 Å². The van der Waals surface area contributed by atoms with Gasteiger partial charge in [0.1, 0.15) is 17.2 Å². The molecule has 0 aromatic heterocycles. The third-order valence-corrected chi connectivity index (χ3v) is 5.02. The van der Waals surface area contributed by atoms with Crippen molar-refractivity contribution in [2.75, 3.05) is 20.2 Å². The predicted octanol–water partition coefficient (Wildman–Crippen LogP) is 3.37. The zero-order valence-electron chi connectivity index (χ0n) is 16.7. The molecule has 0 atom stereocenters. The Kier molecular flexibility index (Phi) is 6.09. The fourth-order valence-electron chi connectivity index (χ4n) is 3.44. The predicted molar refractivity (Wildman–Crippen MR) is 108 cm³/mol. The Balaban J connectivity index is 1.73. The number of nitrogens with one attached hydrogen (secondary N) is 1. The highest BCUT2D eigenvalue weighted by atomic mass is 16.5. The summed E-state index contributed by atoms with van der Waals surface area (Å²) in [4.78, 5) is 14.7. The smallest absolute Gasteiger partial charge is 0.258 e. The molecule has 1 aliphatic rings. The maximum absolute atomic E-state index is 13.0. The minimum Gasteiger partial charge on any atom is -0.508 e. The van der Waals surface area contributed by atoms with Crippen molar-refractivity contribution >= 4 is 5.91 Å². The molecular formula is C22H28N2O4. The number of carbonyl (C=O) groups excluding carboxylic acids is 1. The molecule has 0 fully saturated rings. The zero-order valence-corrected chi connectivity index (χ0v) is 16.7. The molecule has 2 aromatic carbocycles. The molecule has 0 aliphatic carbocycles. The van der Waals surface area contributed by atoms with Crippen LogP contribution < -0.4 is 10.1 Å². The van der Waals surface area contributed by atoms with Crippen molar-refractivity contribution in [1.29, 1.82) is 0 Å². The number of benzene rings is 2. The molecule has 6 heteroatoms. The van der Waals surface area contributed by atoms with Gasteiger partial charge in [-0.2, -0.15) is 0 Å². The van der Waals surface area contributed by atoms with Crippen molar-refractivity contribution in [3.8, 4) is 17.2 Å². The third-order valence-electron chi connectivity index (χ3n) is 5.02. The number of phenolic OH excluding ortho intramolecular Hbond substituents is 2. The molecule has 1 amide bonds. The summed E-state index contributed by atoms with van der Waals surface area (Å²) < 4.78 is 5.78. The maximum Gasteiger partial charge on any atom is 0.258 e. The van der Waals surface area contributed by atoms with Crippen molar-refractivity contribution in [1.82, 2.24) is 10.2 Å². The van der Waals surface area contributed by atoms with Crippen LogP contribution in [0.3, 0.4) is 0 Å². The van der Waals surface area contributed by atoms with E-state index in [1.54, 1.807) is 11.0 Å². The molecule has 0 saturated heterocycles. The monoisotopic (exact) mass is 384 g/mol. The zero-order chi connectivity index (χ0) is 20.3. The van der Waals surface area contributed by atoms with E-state index in [-0.39, 0.29) is 28.9 Å². The van der Waals surface area contributed by atoms with Crippen LogP contribution in [-0.2, 0) is 13.1 Å². The number of carbonyl (C=O) groups is 1. The molecule has 150 valence electrons. The van der Waals surface area contributed by atoms with Gasteiger partial charge < -0.3 is 25.2 Å². The number of ether oxygens (including phenoxy) is 1. The number of fused-ring (bicyclic) bond motifs is 1. The van der Waals surface area contributed by atoms with Gasteiger partial charge in [0, 0.05) is 19.2 Å². The first-order valence-electron chi connectivity index (χ1n) is 9.65. The first-order chi connectivity index (χ1) is 13.4. The van der Waals surface area contributed by atoms with Crippen LogP contribution in [0, 0.1) is 0 Å². The Morgan fingerprint density at radius 2 is 1.89 bits per heavy atom. The highest BCUT2D eigenvalue weighted by Crippen LogP contribution is 2.35. The maximum atomic E-state index is 13.0. The number of hydrogen-bond acceptors (Lipinski definition) is 5. The van der Waals surface area contributed by atoms with Gasteiger partial charge in [-0.3, -0.25) is 4.79 Å². The Bertz CT molecular complexity index is 864. The summed E-state index contributed by atoms with van der Waals surface area (Å²) in [5.41, 5.74) is 3.01. The van der Waals surface area contributed by atoms with Gasteiger partial charge in [-0.25, -0.2) is 0 Å². The fraction of sp³-hybridized carbons (Fsp3) is 0.409. The van der Waals surface area contributed by atoms with E-state index in [0.29, 0.717) is 25.3 Å². The molecule has 3 rings (SSSR count). The largest absolute Gasteiger partial charge is 0.508 e. The second-order valence-corrected chi connectivity index (χ2v) is 7.48. The summed E-state index contributed by atoms with van der Waals surface area (Å²) in [6, 6.07) is 8.76. The van der Waals surface area contributed by atoms with Gasteiger partial charge in [0.2, 0.25) is 0 Å². The second kappa shape index (κ2) is 8.52. The van der Waals surface area contributed by atoms with Crippen molar-refractivity contribution in [2.24, 2.45) is 0 Å². The lowest BCUT2D eigenvalue weighted by Crippen LogP contribution is -2.25. The molecule has 3 N–H and O–H groups in total. The lowest BCUT2D eigenvalue weighted by molar-refractivity contribution is 0.0748. The standard InChI is InChI=1S/C22H28N2O4/c1-14(2)18-10-19(21(26)11-20(18)25)22(27)24-12-15-5-6-17(9-16(15)13-24)28-8-4-7-23-3/h5-6,9-11,14,23,25-26H,4,7-8,12-13H2,1-3H3. The van der Waals surface area contributed by atoms with Gasteiger partial charge in [-0.15, -0.1) is 0 Å². The Morgan fingerprint density at radius 1 is 1.14 bits per heavy atom. The first-order valence-corrected chi connectivity index (χ1v) is 9.65. The topological polar surface area (TPSA) is 82.0 Å². The number of phenols is 2. The van der Waals surface area contributed by atoms with Gasteiger partial charge in [0.25, 0.3) is 5.91 Å². The molecule has 2 aromatic rings. The normalized spacial score (nSPS) is 13.1. The van der Waals surface area contributed by atoms with E-state index in [2.05, 4.69) is 5.32 Å². The minimum absolute atomic E-state index is 0.00817. The lowest BCUT2D eigenvalue weighted by Gasteiger charge is -2.18. The third kappa shape index (κ3) is 4.22. The molecule has 0 unspecified atom stereocenters. The number of aromatic hydroxyl groups is 2. The van der Waals surface area contributed by atoms with Crippen molar-refractivity contribution in [3.63, 3.8) is 0 Å². The quantitative estimate of drug-likeness (QED) is 0.638. The molecule has 0 spiro atoms. The Labute approximate surface area is 165 Å². The summed E-state index contributed by atoms with van der Waals surface area (Å²) in [6.45, 7) is 6.38. The van der Waals surface area contributed by atoms with Crippen LogP contribution in [0.4, 0.5) is 0 Å². The summed E-state index contributed by atoms with van der Waals surface area (Å²) in [6.07, 6.45) is 0.927. The number of rotatable bonds is 7.